The van der Waals surface area contributed by atoms with Crippen LogP contribution in [-0.4, -0.2) is 0 Å². The zero-order valence-electron chi connectivity index (χ0n) is 30.1. The molecular weight excluding hydrogens is 544 g/mol. The first-order valence-corrected chi connectivity index (χ1v) is 16.9. The smallest absolute Gasteiger partial charge is 0.134 e. The molecule has 3 aliphatic rings. The molecule has 1 nitrogen and oxygen atoms in total. The highest BCUT2D eigenvalue weighted by atomic mass is 16.5. The second-order valence-corrected chi connectivity index (χ2v) is 15.3. The summed E-state index contributed by atoms with van der Waals surface area (Å²) in [5.74, 6) is 1.09. The molecule has 1 aliphatic heterocycles. The highest BCUT2D eigenvalue weighted by Crippen LogP contribution is 2.62. The van der Waals surface area contributed by atoms with Crippen LogP contribution in [0.2, 0.25) is 0 Å². The summed E-state index contributed by atoms with van der Waals surface area (Å²) >= 11 is 0. The predicted octanol–water partition coefficient (Wildman–Crippen LogP) is 11.5. The van der Waals surface area contributed by atoms with Crippen molar-refractivity contribution in [3.8, 4) is 28.0 Å². The van der Waals surface area contributed by atoms with E-state index in [-0.39, 0.29) is 5.41 Å². The summed E-state index contributed by atoms with van der Waals surface area (Å²) in [6, 6.07) is 4.89. The van der Waals surface area contributed by atoms with Gasteiger partial charge in [-0.05, 0) is 219 Å². The molecule has 0 saturated carbocycles. The van der Waals surface area contributed by atoms with Gasteiger partial charge in [0.05, 0.1) is 11.7 Å². The topological polar surface area (TPSA) is 9.23 Å². The third-order valence-corrected chi connectivity index (χ3v) is 13.3. The van der Waals surface area contributed by atoms with Gasteiger partial charge in [-0.3, -0.25) is 0 Å². The van der Waals surface area contributed by atoms with E-state index in [1.54, 1.807) is 0 Å². The summed E-state index contributed by atoms with van der Waals surface area (Å²) in [4.78, 5) is 0. The third kappa shape index (κ3) is 3.51. The van der Waals surface area contributed by atoms with Crippen molar-refractivity contribution in [2.75, 3.05) is 0 Å². The highest BCUT2D eigenvalue weighted by Gasteiger charge is 2.49. The summed E-state index contributed by atoms with van der Waals surface area (Å²) < 4.78 is 6.69. The van der Waals surface area contributed by atoms with Crippen LogP contribution in [-0.2, 0) is 17.3 Å². The van der Waals surface area contributed by atoms with E-state index >= 15 is 0 Å². The predicted molar refractivity (Wildman–Crippen MR) is 192 cm³/mol. The molecule has 0 atom stereocenters. The number of fused-ring (bicyclic) bond motifs is 11. The Morgan fingerprint density at radius 2 is 0.889 bits per heavy atom. The normalized spacial score (nSPS) is 16.5. The van der Waals surface area contributed by atoms with Crippen molar-refractivity contribution in [2.45, 2.75) is 121 Å². The highest BCUT2D eigenvalue weighted by molar-refractivity contribution is 6.00. The number of rotatable bonds is 0. The maximum absolute atomic E-state index is 6.69. The van der Waals surface area contributed by atoms with Crippen LogP contribution < -0.4 is 4.74 Å². The number of allylic oxidation sites excluding steroid dienone is 1. The SMILES string of the molecule is Cc1c(C)c(C)c2c(c1C)-c1c(C)c(C)c(C)c(C)c1C1(C=COc3c1ccc1c3CCC1(C)C)c1c(C)c(C)c(C)c(C)c1-2. The minimum atomic E-state index is -0.500. The van der Waals surface area contributed by atoms with Gasteiger partial charge in [-0.15, -0.1) is 0 Å². The largest absolute Gasteiger partial charge is 0.465 e. The summed E-state index contributed by atoms with van der Waals surface area (Å²) in [7, 11) is 0. The maximum Gasteiger partial charge on any atom is 0.134 e. The quantitative estimate of drug-likeness (QED) is 0.197. The molecule has 45 heavy (non-hydrogen) atoms. The Morgan fingerprint density at radius 3 is 1.36 bits per heavy atom. The molecule has 4 aromatic carbocycles. The van der Waals surface area contributed by atoms with Crippen LogP contribution in [0.5, 0.6) is 5.75 Å². The minimum Gasteiger partial charge on any atom is -0.465 e. The number of ether oxygens (including phenoxy) is 1. The van der Waals surface area contributed by atoms with Gasteiger partial charge in [-0.1, -0.05) is 26.0 Å². The Hall–Kier alpha value is -3.58. The maximum atomic E-state index is 6.69. The van der Waals surface area contributed by atoms with Gasteiger partial charge in [0.2, 0.25) is 0 Å². The standard InChI is InChI=1S/C44H50O/c1-21-22(2)28(8)37-36(27(21)7)38-29(9)23(3)25(5)31(11)40(38)44(41-32(12)26(6)24(4)30(10)39(37)41)19-20-45-42-33-17-18-43(13,14)34(33)15-16-35(42)44/h15-16,19-20H,17-18H2,1-14H3. The summed E-state index contributed by atoms with van der Waals surface area (Å²) in [5, 5.41) is 0. The van der Waals surface area contributed by atoms with Gasteiger partial charge in [-0.25, -0.2) is 0 Å². The fraction of sp³-hybridized carbons (Fsp3) is 0.409. The van der Waals surface area contributed by atoms with Crippen LogP contribution in [0.4, 0.5) is 0 Å². The van der Waals surface area contributed by atoms with Crippen LogP contribution in [0.1, 0.15) is 115 Å². The lowest BCUT2D eigenvalue weighted by atomic mass is 9.62. The second kappa shape index (κ2) is 9.47. The molecule has 2 aliphatic carbocycles. The number of benzene rings is 4. The van der Waals surface area contributed by atoms with Crippen LogP contribution in [0.15, 0.2) is 24.5 Å². The van der Waals surface area contributed by atoms with Crippen molar-refractivity contribution >= 4 is 0 Å². The Kier molecular flexibility index (Phi) is 6.34. The van der Waals surface area contributed by atoms with E-state index in [1.807, 2.05) is 6.26 Å². The van der Waals surface area contributed by atoms with E-state index in [0.717, 1.165) is 18.6 Å². The lowest BCUT2D eigenvalue weighted by Gasteiger charge is -2.42. The molecule has 0 radical (unpaired) electrons. The van der Waals surface area contributed by atoms with Crippen molar-refractivity contribution in [1.29, 1.82) is 0 Å². The molecular formula is C44H50O. The molecule has 232 valence electrons. The molecule has 4 aromatic rings. The molecule has 1 spiro atoms. The summed E-state index contributed by atoms with van der Waals surface area (Å²) in [5.41, 5.74) is 29.3. The van der Waals surface area contributed by atoms with Gasteiger partial charge < -0.3 is 4.74 Å². The molecule has 0 aromatic heterocycles. The van der Waals surface area contributed by atoms with Gasteiger partial charge in [0, 0.05) is 5.56 Å². The van der Waals surface area contributed by atoms with Crippen molar-refractivity contribution in [2.24, 2.45) is 0 Å². The van der Waals surface area contributed by atoms with Gasteiger partial charge in [0.15, 0.2) is 0 Å². The van der Waals surface area contributed by atoms with E-state index in [4.69, 9.17) is 4.74 Å². The molecule has 0 bridgehead atoms. The van der Waals surface area contributed by atoms with Gasteiger partial charge >= 0.3 is 0 Å². The molecule has 0 fully saturated rings. The van der Waals surface area contributed by atoms with E-state index in [9.17, 15) is 0 Å². The monoisotopic (exact) mass is 594 g/mol. The molecule has 0 N–H and O–H groups in total. The molecule has 0 amide bonds. The first kappa shape index (κ1) is 30.1. The number of hydrogen-bond donors (Lipinski definition) is 0. The van der Waals surface area contributed by atoms with E-state index in [1.165, 1.54) is 117 Å². The first-order chi connectivity index (χ1) is 21.1. The van der Waals surface area contributed by atoms with Gasteiger partial charge in [0.25, 0.3) is 0 Å². The molecule has 0 saturated heterocycles. The Balaban J connectivity index is 1.85. The fourth-order valence-electron chi connectivity index (χ4n) is 9.56. The lowest BCUT2D eigenvalue weighted by Crippen LogP contribution is -2.34. The van der Waals surface area contributed by atoms with Crippen LogP contribution in [0.3, 0.4) is 0 Å². The molecule has 0 unspecified atom stereocenters. The average molecular weight is 595 g/mol. The third-order valence-electron chi connectivity index (χ3n) is 13.3. The molecule has 1 heterocycles. The summed E-state index contributed by atoms with van der Waals surface area (Å²) in [6.45, 7) is 33.1. The van der Waals surface area contributed by atoms with E-state index < -0.39 is 5.41 Å². The van der Waals surface area contributed by atoms with Crippen LogP contribution >= 0.6 is 0 Å². The van der Waals surface area contributed by atoms with Crippen LogP contribution in [0, 0.1) is 83.1 Å². The van der Waals surface area contributed by atoms with Crippen molar-refractivity contribution in [3.63, 3.8) is 0 Å². The Morgan fingerprint density at radius 1 is 0.489 bits per heavy atom. The first-order valence-electron chi connectivity index (χ1n) is 16.9. The van der Waals surface area contributed by atoms with Gasteiger partial charge in [0.1, 0.15) is 5.75 Å². The Bertz CT molecular complexity index is 1960. The summed E-state index contributed by atoms with van der Waals surface area (Å²) in [6.07, 6.45) is 6.68. The second-order valence-electron chi connectivity index (χ2n) is 15.3. The average Bonchev–Trinajstić information content (AvgIpc) is 3.27. The van der Waals surface area contributed by atoms with Crippen molar-refractivity contribution in [1.82, 2.24) is 0 Å². The zero-order valence-corrected chi connectivity index (χ0v) is 30.1. The van der Waals surface area contributed by atoms with E-state index in [0.29, 0.717) is 0 Å². The fourth-order valence-corrected chi connectivity index (χ4v) is 9.56. The zero-order chi connectivity index (χ0) is 32.7. The van der Waals surface area contributed by atoms with E-state index in [2.05, 4.69) is 115 Å². The van der Waals surface area contributed by atoms with Gasteiger partial charge in [-0.2, -0.15) is 0 Å². The van der Waals surface area contributed by atoms with Crippen molar-refractivity contribution in [3.05, 3.63) is 119 Å². The molecule has 7 rings (SSSR count). The minimum absolute atomic E-state index is 0.154. The Labute approximate surface area is 271 Å². The van der Waals surface area contributed by atoms with Crippen LogP contribution in [0.25, 0.3) is 22.3 Å². The van der Waals surface area contributed by atoms with Crippen molar-refractivity contribution < 1.29 is 4.74 Å². The molecule has 1 heteroatoms. The number of hydrogen-bond acceptors (Lipinski definition) is 1. The lowest BCUT2D eigenvalue weighted by molar-refractivity contribution is 0.439.